The molecular weight excluding hydrogens is 254 g/mol. The van der Waals surface area contributed by atoms with Gasteiger partial charge in [0.2, 0.25) is 0 Å². The summed E-state index contributed by atoms with van der Waals surface area (Å²) in [4.78, 5) is 2.82. The van der Waals surface area contributed by atoms with E-state index in [1.807, 2.05) is 17.4 Å². The summed E-state index contributed by atoms with van der Waals surface area (Å²) in [7, 11) is 1.70. The lowest BCUT2D eigenvalue weighted by molar-refractivity contribution is 0.412. The minimum atomic E-state index is 0.332. The fourth-order valence-electron chi connectivity index (χ4n) is 2.11. The largest absolute Gasteiger partial charge is 0.496 e. The Hall–Kier alpha value is -1.48. The van der Waals surface area contributed by atoms with Crippen molar-refractivity contribution in [3.63, 3.8) is 0 Å². The first-order chi connectivity index (χ1) is 9.13. The molecule has 1 aromatic heterocycles. The molecule has 0 saturated carbocycles. The van der Waals surface area contributed by atoms with Crippen LogP contribution in [0.15, 0.2) is 30.3 Å². The molecule has 0 aliphatic rings. The Balaban J connectivity index is 2.10. The quantitative estimate of drug-likeness (QED) is 0.846. The van der Waals surface area contributed by atoms with Crippen molar-refractivity contribution in [3.8, 4) is 5.75 Å². The maximum Gasteiger partial charge on any atom is 0.121 e. The molecule has 1 aromatic carbocycles. The van der Waals surface area contributed by atoms with Crippen molar-refractivity contribution in [1.82, 2.24) is 0 Å². The van der Waals surface area contributed by atoms with Crippen molar-refractivity contribution in [3.05, 3.63) is 45.6 Å². The fourth-order valence-corrected chi connectivity index (χ4v) is 3.06. The average molecular weight is 275 g/mol. The van der Waals surface area contributed by atoms with Gasteiger partial charge in [0.1, 0.15) is 5.75 Å². The van der Waals surface area contributed by atoms with Gasteiger partial charge in [-0.2, -0.15) is 0 Å². The van der Waals surface area contributed by atoms with E-state index in [0.29, 0.717) is 6.04 Å². The van der Waals surface area contributed by atoms with E-state index < -0.39 is 0 Å². The minimum absolute atomic E-state index is 0.332. The molecule has 102 valence electrons. The van der Waals surface area contributed by atoms with E-state index in [1.54, 1.807) is 7.11 Å². The third kappa shape index (κ3) is 3.29. The zero-order valence-corrected chi connectivity index (χ0v) is 12.8. The highest BCUT2D eigenvalue weighted by Crippen LogP contribution is 2.28. The number of hydrogen-bond acceptors (Lipinski definition) is 3. The second-order valence-corrected chi connectivity index (χ2v) is 5.91. The Morgan fingerprint density at radius 2 is 2.05 bits per heavy atom. The molecule has 3 heteroatoms. The Morgan fingerprint density at radius 1 is 1.26 bits per heavy atom. The van der Waals surface area contributed by atoms with Gasteiger partial charge >= 0.3 is 0 Å². The van der Waals surface area contributed by atoms with E-state index in [0.717, 1.165) is 23.4 Å². The standard InChI is InChI=1S/C16H21NOS/c1-5-14-7-9-16(19-14)12(3)17-13-6-8-15(18-4)11(2)10-13/h6-10,12,17H,5H2,1-4H3. The zero-order chi connectivity index (χ0) is 13.8. The van der Waals surface area contributed by atoms with Crippen molar-refractivity contribution < 1.29 is 4.74 Å². The number of thiophene rings is 1. The second kappa shape index (κ2) is 6.11. The van der Waals surface area contributed by atoms with Crippen LogP contribution < -0.4 is 10.1 Å². The molecule has 0 radical (unpaired) electrons. The van der Waals surface area contributed by atoms with Gasteiger partial charge in [-0.25, -0.2) is 0 Å². The van der Waals surface area contributed by atoms with Crippen LogP contribution in [0, 0.1) is 6.92 Å². The fraction of sp³-hybridized carbons (Fsp3) is 0.375. The number of rotatable bonds is 5. The molecule has 0 spiro atoms. The lowest BCUT2D eigenvalue weighted by atomic mass is 10.2. The third-order valence-electron chi connectivity index (χ3n) is 3.24. The smallest absolute Gasteiger partial charge is 0.121 e. The number of hydrogen-bond donors (Lipinski definition) is 1. The number of anilines is 1. The van der Waals surface area contributed by atoms with Crippen LogP contribution in [0.2, 0.25) is 0 Å². The molecule has 0 saturated heterocycles. The molecule has 0 bridgehead atoms. The molecule has 0 aliphatic carbocycles. The lowest BCUT2D eigenvalue weighted by Crippen LogP contribution is -2.05. The second-order valence-electron chi connectivity index (χ2n) is 4.71. The first kappa shape index (κ1) is 13.9. The molecule has 1 heterocycles. The number of ether oxygens (including phenoxy) is 1. The average Bonchev–Trinajstić information content (AvgIpc) is 2.88. The van der Waals surface area contributed by atoms with Crippen molar-refractivity contribution in [2.75, 3.05) is 12.4 Å². The van der Waals surface area contributed by atoms with Crippen LogP contribution in [-0.4, -0.2) is 7.11 Å². The molecule has 0 amide bonds. The summed E-state index contributed by atoms with van der Waals surface area (Å²) in [6.07, 6.45) is 1.11. The van der Waals surface area contributed by atoms with Crippen molar-refractivity contribution in [1.29, 1.82) is 0 Å². The summed E-state index contributed by atoms with van der Waals surface area (Å²) in [6.45, 7) is 6.46. The van der Waals surface area contributed by atoms with Crippen LogP contribution in [0.25, 0.3) is 0 Å². The number of methoxy groups -OCH3 is 1. The predicted molar refractivity (Wildman–Crippen MR) is 83.5 cm³/mol. The zero-order valence-electron chi connectivity index (χ0n) is 12.0. The Morgan fingerprint density at radius 3 is 2.63 bits per heavy atom. The highest BCUT2D eigenvalue weighted by Gasteiger charge is 2.09. The van der Waals surface area contributed by atoms with Gasteiger partial charge in [0, 0.05) is 15.4 Å². The van der Waals surface area contributed by atoms with Crippen LogP contribution >= 0.6 is 11.3 Å². The van der Waals surface area contributed by atoms with Crippen LogP contribution in [0.4, 0.5) is 5.69 Å². The number of nitrogens with one attached hydrogen (secondary N) is 1. The Kier molecular flexibility index (Phi) is 4.48. The highest BCUT2D eigenvalue weighted by molar-refractivity contribution is 7.12. The molecule has 2 rings (SSSR count). The van der Waals surface area contributed by atoms with Crippen LogP contribution in [0.5, 0.6) is 5.75 Å². The summed E-state index contributed by atoms with van der Waals surface area (Å²) >= 11 is 1.88. The van der Waals surface area contributed by atoms with Gasteiger partial charge in [-0.05, 0) is 56.2 Å². The number of benzene rings is 1. The van der Waals surface area contributed by atoms with E-state index in [1.165, 1.54) is 9.75 Å². The topological polar surface area (TPSA) is 21.3 Å². The van der Waals surface area contributed by atoms with Gasteiger partial charge in [-0.1, -0.05) is 6.92 Å². The van der Waals surface area contributed by atoms with Gasteiger partial charge in [0.25, 0.3) is 0 Å². The van der Waals surface area contributed by atoms with Crippen LogP contribution in [0.3, 0.4) is 0 Å². The van der Waals surface area contributed by atoms with Gasteiger partial charge < -0.3 is 10.1 Å². The van der Waals surface area contributed by atoms with Crippen molar-refractivity contribution in [2.45, 2.75) is 33.2 Å². The summed E-state index contributed by atoms with van der Waals surface area (Å²) in [5, 5.41) is 3.54. The maximum atomic E-state index is 5.28. The van der Waals surface area contributed by atoms with Crippen LogP contribution in [0.1, 0.15) is 35.2 Å². The first-order valence-corrected chi connectivity index (χ1v) is 7.45. The Bertz CT molecular complexity index is 547. The lowest BCUT2D eigenvalue weighted by Gasteiger charge is -2.15. The predicted octanol–water partition coefficient (Wildman–Crippen LogP) is 4.80. The van der Waals surface area contributed by atoms with Crippen LogP contribution in [-0.2, 0) is 6.42 Å². The molecular formula is C16H21NOS. The van der Waals surface area contributed by atoms with E-state index in [4.69, 9.17) is 4.74 Å². The van der Waals surface area contributed by atoms with Gasteiger partial charge in [0.15, 0.2) is 0 Å². The molecule has 0 fully saturated rings. The van der Waals surface area contributed by atoms with Crippen molar-refractivity contribution in [2.24, 2.45) is 0 Å². The molecule has 1 unspecified atom stereocenters. The van der Waals surface area contributed by atoms with Gasteiger partial charge in [-0.3, -0.25) is 0 Å². The molecule has 0 aliphatic heterocycles. The monoisotopic (exact) mass is 275 g/mol. The number of aryl methyl sites for hydroxylation is 2. The molecule has 1 atom stereocenters. The van der Waals surface area contributed by atoms with Gasteiger partial charge in [0.05, 0.1) is 13.2 Å². The third-order valence-corrected chi connectivity index (χ3v) is 4.65. The molecule has 2 aromatic rings. The maximum absolute atomic E-state index is 5.28. The molecule has 2 nitrogen and oxygen atoms in total. The molecule has 1 N–H and O–H groups in total. The minimum Gasteiger partial charge on any atom is -0.496 e. The normalized spacial score (nSPS) is 12.2. The molecule has 19 heavy (non-hydrogen) atoms. The van der Waals surface area contributed by atoms with Gasteiger partial charge in [-0.15, -0.1) is 11.3 Å². The summed E-state index contributed by atoms with van der Waals surface area (Å²) < 4.78 is 5.28. The highest BCUT2D eigenvalue weighted by atomic mass is 32.1. The summed E-state index contributed by atoms with van der Waals surface area (Å²) in [6, 6.07) is 11.0. The SMILES string of the molecule is CCc1ccc(C(C)Nc2ccc(OC)c(C)c2)s1. The summed E-state index contributed by atoms with van der Waals surface area (Å²) in [5.74, 6) is 0.933. The van der Waals surface area contributed by atoms with Crippen molar-refractivity contribution >= 4 is 17.0 Å². The first-order valence-electron chi connectivity index (χ1n) is 6.63. The van der Waals surface area contributed by atoms with E-state index in [9.17, 15) is 0 Å². The van der Waals surface area contributed by atoms with E-state index >= 15 is 0 Å². The summed E-state index contributed by atoms with van der Waals surface area (Å²) in [5.41, 5.74) is 2.29. The Labute approximate surface area is 119 Å². The van der Waals surface area contributed by atoms with E-state index in [-0.39, 0.29) is 0 Å². The van der Waals surface area contributed by atoms with E-state index in [2.05, 4.69) is 50.4 Å².